The third-order valence-corrected chi connectivity index (χ3v) is 14.7. The van der Waals surface area contributed by atoms with Crippen molar-refractivity contribution in [3.8, 4) is 6.01 Å². The van der Waals surface area contributed by atoms with Crippen LogP contribution < -0.4 is 16.2 Å². The molecular formula is C52H95N6O9P. The van der Waals surface area contributed by atoms with Crippen molar-refractivity contribution >= 4 is 36.5 Å². The Morgan fingerprint density at radius 1 is 0.706 bits per heavy atom. The van der Waals surface area contributed by atoms with E-state index in [0.29, 0.717) is 50.4 Å². The molecule has 3 heterocycles. The van der Waals surface area contributed by atoms with Gasteiger partial charge < -0.3 is 39.2 Å². The molecule has 0 spiro atoms. The van der Waals surface area contributed by atoms with E-state index >= 15 is 0 Å². The van der Waals surface area contributed by atoms with Gasteiger partial charge in [0.15, 0.2) is 17.6 Å². The summed E-state index contributed by atoms with van der Waals surface area (Å²) in [5.41, 5.74) is 6.64. The lowest BCUT2D eigenvalue weighted by atomic mass is 9.97. The van der Waals surface area contributed by atoms with Gasteiger partial charge in [0.25, 0.3) is 0 Å². The molecule has 2 atom stereocenters. The lowest BCUT2D eigenvalue weighted by Gasteiger charge is -2.32. The van der Waals surface area contributed by atoms with Crippen LogP contribution in [0.1, 0.15) is 226 Å². The molecule has 3 rings (SSSR count). The number of fused-ring (bicyclic) bond motifs is 1. The molecule has 4 N–H and O–H groups in total. The van der Waals surface area contributed by atoms with Crippen LogP contribution >= 0.6 is 7.60 Å². The predicted octanol–water partition coefficient (Wildman–Crippen LogP) is 12.2. The normalized spacial score (nSPS) is 14.9. The number of piperidine rings is 1. The smallest absolute Gasteiger partial charge is 0.329 e. The number of ether oxygens (including phenoxy) is 3. The molecule has 1 unspecified atom stereocenters. The number of nitrogens with two attached hydrogens (primary N) is 1. The molecule has 16 heteroatoms. The Balaban J connectivity index is 1.39. The summed E-state index contributed by atoms with van der Waals surface area (Å²) in [5, 5.41) is 0. The summed E-state index contributed by atoms with van der Waals surface area (Å²) in [6.45, 7) is 8.61. The number of nitrogens with zero attached hydrogens (tertiary/aromatic N) is 4. The molecule has 1 aliphatic rings. The van der Waals surface area contributed by atoms with Gasteiger partial charge in [-0.3, -0.25) is 18.7 Å². The minimum absolute atomic E-state index is 0.102. The van der Waals surface area contributed by atoms with E-state index in [1.165, 1.54) is 122 Å². The van der Waals surface area contributed by atoms with E-state index in [-0.39, 0.29) is 61.6 Å². The third kappa shape index (κ3) is 26.8. The molecule has 0 aliphatic carbocycles. The van der Waals surface area contributed by atoms with Gasteiger partial charge in [0.05, 0.1) is 19.4 Å². The van der Waals surface area contributed by atoms with Gasteiger partial charge in [-0.15, -0.1) is 0 Å². The number of anilines is 1. The Morgan fingerprint density at radius 3 is 1.71 bits per heavy atom. The summed E-state index contributed by atoms with van der Waals surface area (Å²) in [4.78, 5) is 63.1. The number of rotatable bonds is 43. The van der Waals surface area contributed by atoms with E-state index in [9.17, 15) is 23.8 Å². The van der Waals surface area contributed by atoms with E-state index in [1.807, 2.05) is 0 Å². The van der Waals surface area contributed by atoms with Gasteiger partial charge in [0, 0.05) is 25.9 Å². The fraction of sp³-hybridized carbons (Fsp3) is 0.865. The van der Waals surface area contributed by atoms with Crippen molar-refractivity contribution in [2.45, 2.75) is 239 Å². The highest BCUT2D eigenvalue weighted by Crippen LogP contribution is 2.42. The number of nitrogens with one attached hydrogen (secondary N) is 1. The standard InChI is InChI=1S/C52H95N6O9P/c1-4-7-10-12-14-16-18-20-22-24-26-28-30-32-46(59)65-42-45(67-47(60)33-31-29-27-25-23-21-19-17-15-13-11-8-5-2)43-66-68(62,63)40-38-57-36-34-44(35-37-57)41-58-50-48(54-52(58)61)49(53)55-51(56-50)64-39-9-6-3/h44-45H,4-43H2,1-3H3,(H,54,61)(H,62,63)(H2,53,55,56)/t45-/m1/s1. The van der Waals surface area contributed by atoms with E-state index in [4.69, 9.17) is 24.5 Å². The van der Waals surface area contributed by atoms with E-state index in [1.54, 1.807) is 4.57 Å². The first-order valence-corrected chi connectivity index (χ1v) is 29.2. The van der Waals surface area contributed by atoms with Crippen LogP contribution in [-0.2, 0) is 34.7 Å². The van der Waals surface area contributed by atoms with Crippen molar-refractivity contribution in [1.82, 2.24) is 24.4 Å². The van der Waals surface area contributed by atoms with Gasteiger partial charge in [0.1, 0.15) is 12.1 Å². The number of imidazole rings is 1. The summed E-state index contributed by atoms with van der Waals surface area (Å²) in [5.74, 6) is -0.437. The fourth-order valence-electron chi connectivity index (χ4n) is 8.95. The Bertz CT molecular complexity index is 1730. The summed E-state index contributed by atoms with van der Waals surface area (Å²) in [6.07, 6.45) is 34.3. The molecular weight excluding hydrogens is 884 g/mol. The molecule has 0 amide bonds. The average molecular weight is 979 g/mol. The number of nitrogen functional groups attached to an aromatic ring is 1. The van der Waals surface area contributed by atoms with E-state index < -0.39 is 19.7 Å². The maximum Gasteiger partial charge on any atom is 0.329 e. The van der Waals surface area contributed by atoms with Gasteiger partial charge in [-0.25, -0.2) is 4.79 Å². The highest BCUT2D eigenvalue weighted by atomic mass is 31.2. The summed E-state index contributed by atoms with van der Waals surface area (Å²) in [6, 6.07) is 0.150. The summed E-state index contributed by atoms with van der Waals surface area (Å²) < 4.78 is 37.4. The van der Waals surface area contributed by atoms with Crippen LogP contribution in [-0.4, -0.2) is 93.0 Å². The molecule has 0 saturated carbocycles. The molecule has 392 valence electrons. The first-order valence-electron chi connectivity index (χ1n) is 27.5. The molecule has 1 fully saturated rings. The number of hydrogen-bond acceptors (Lipinski definition) is 12. The number of carbonyl (C=O) groups excluding carboxylic acids is 2. The highest BCUT2D eigenvalue weighted by molar-refractivity contribution is 7.52. The number of unbranched alkanes of at least 4 members (excludes halogenated alkanes) is 25. The maximum absolute atomic E-state index is 13.3. The van der Waals surface area contributed by atoms with Crippen LogP contribution in [0.25, 0.3) is 11.2 Å². The molecule has 2 aromatic heterocycles. The minimum Gasteiger partial charge on any atom is -0.463 e. The Morgan fingerprint density at radius 2 is 1.19 bits per heavy atom. The van der Waals surface area contributed by atoms with E-state index in [2.05, 4.69) is 40.6 Å². The third-order valence-electron chi connectivity index (χ3n) is 13.4. The highest BCUT2D eigenvalue weighted by Gasteiger charge is 2.28. The minimum atomic E-state index is -4.08. The first kappa shape index (κ1) is 59.3. The zero-order valence-corrected chi connectivity index (χ0v) is 43.9. The summed E-state index contributed by atoms with van der Waals surface area (Å²) >= 11 is 0. The van der Waals surface area contributed by atoms with Gasteiger partial charge in [-0.2, -0.15) is 9.97 Å². The topological polar surface area (TPSA) is 201 Å². The molecule has 1 saturated heterocycles. The van der Waals surface area contributed by atoms with Crippen LogP contribution in [0.4, 0.5) is 5.82 Å². The van der Waals surface area contributed by atoms with Crippen molar-refractivity contribution in [3.63, 3.8) is 0 Å². The van der Waals surface area contributed by atoms with Crippen LogP contribution in [0.3, 0.4) is 0 Å². The number of esters is 2. The second-order valence-corrected chi connectivity index (χ2v) is 21.5. The zero-order valence-electron chi connectivity index (χ0n) is 43.0. The SMILES string of the molecule is CCCCCCCCCCCCCCCC(=O)OC[C@H](COP(=O)(O)CCN1CCC(Cn2c(=O)[nH]c3c(N)nc(OCCCC)nc32)CC1)OC(=O)CCCCCCCCCCCCCCC. The lowest BCUT2D eigenvalue weighted by Crippen LogP contribution is -2.37. The number of H-pyrrole nitrogens is 1. The van der Waals surface area contributed by atoms with Crippen LogP contribution in [0, 0.1) is 5.92 Å². The Labute approximate surface area is 410 Å². The monoisotopic (exact) mass is 979 g/mol. The fourth-order valence-corrected chi connectivity index (χ4v) is 10.0. The van der Waals surface area contributed by atoms with Crippen LogP contribution in [0.5, 0.6) is 6.01 Å². The summed E-state index contributed by atoms with van der Waals surface area (Å²) in [7, 11) is -4.08. The number of carbonyl (C=O) groups is 2. The number of aromatic amines is 1. The van der Waals surface area contributed by atoms with Crippen molar-refractivity contribution < 1.29 is 37.8 Å². The second-order valence-electron chi connectivity index (χ2n) is 19.6. The van der Waals surface area contributed by atoms with Gasteiger partial charge in [0.2, 0.25) is 0 Å². The van der Waals surface area contributed by atoms with Gasteiger partial charge in [-0.1, -0.05) is 181 Å². The second kappa shape index (κ2) is 36.9. The van der Waals surface area contributed by atoms with Gasteiger partial charge in [-0.05, 0) is 51.1 Å². The molecule has 0 bridgehead atoms. The Hall–Kier alpha value is -3.00. The number of likely N-dealkylation sites (tertiary alicyclic amines) is 1. The van der Waals surface area contributed by atoms with Crippen molar-refractivity contribution in [3.05, 3.63) is 10.5 Å². The van der Waals surface area contributed by atoms with Crippen LogP contribution in [0.15, 0.2) is 4.79 Å². The zero-order chi connectivity index (χ0) is 49.1. The number of hydrogen-bond donors (Lipinski definition) is 3. The molecule has 2 aromatic rings. The maximum atomic E-state index is 13.3. The molecule has 68 heavy (non-hydrogen) atoms. The van der Waals surface area contributed by atoms with Crippen molar-refractivity contribution in [1.29, 1.82) is 0 Å². The average Bonchev–Trinajstić information content (AvgIpc) is 3.64. The van der Waals surface area contributed by atoms with Gasteiger partial charge >= 0.3 is 31.2 Å². The predicted molar refractivity (Wildman–Crippen MR) is 274 cm³/mol. The Kier molecular flexibility index (Phi) is 32.2. The van der Waals surface area contributed by atoms with Crippen LogP contribution in [0.2, 0.25) is 0 Å². The molecule has 1 aliphatic heterocycles. The molecule has 15 nitrogen and oxygen atoms in total. The quantitative estimate of drug-likeness (QED) is 0.0322. The number of aromatic nitrogens is 4. The van der Waals surface area contributed by atoms with Crippen molar-refractivity contribution in [2.24, 2.45) is 5.92 Å². The van der Waals surface area contributed by atoms with Crippen molar-refractivity contribution in [2.75, 3.05) is 51.4 Å². The lowest BCUT2D eigenvalue weighted by molar-refractivity contribution is -0.161. The molecule has 0 aromatic carbocycles. The largest absolute Gasteiger partial charge is 0.463 e. The molecule has 0 radical (unpaired) electrons. The van der Waals surface area contributed by atoms with E-state index in [0.717, 1.165) is 64.2 Å². The first-order chi connectivity index (χ1) is 33.0.